The summed E-state index contributed by atoms with van der Waals surface area (Å²) in [7, 11) is 0. The van der Waals surface area contributed by atoms with Crippen molar-refractivity contribution >= 4 is 16.8 Å². The van der Waals surface area contributed by atoms with Crippen LogP contribution in [0.1, 0.15) is 29.7 Å². The fourth-order valence-corrected chi connectivity index (χ4v) is 3.79. The van der Waals surface area contributed by atoms with E-state index in [-0.39, 0.29) is 11.7 Å². The normalized spacial score (nSPS) is 15.3. The molecule has 1 saturated carbocycles. The first-order chi connectivity index (χ1) is 12.1. The number of para-hydroxylation sites is 1. The molecule has 4 rings (SSSR count). The topological polar surface area (TPSA) is 44.9 Å². The summed E-state index contributed by atoms with van der Waals surface area (Å²) < 4.78 is 13.7. The van der Waals surface area contributed by atoms with Gasteiger partial charge in [0.25, 0.3) is 0 Å². The molecule has 1 aromatic heterocycles. The van der Waals surface area contributed by atoms with Crippen molar-refractivity contribution in [3.05, 3.63) is 71.2 Å². The van der Waals surface area contributed by atoms with Crippen molar-refractivity contribution in [3.63, 3.8) is 0 Å². The Morgan fingerprint density at radius 3 is 2.64 bits per heavy atom. The van der Waals surface area contributed by atoms with Gasteiger partial charge in [0.05, 0.1) is 5.41 Å². The number of nitrogens with one attached hydrogen (secondary N) is 2. The van der Waals surface area contributed by atoms with Gasteiger partial charge in [-0.25, -0.2) is 4.39 Å². The first kappa shape index (κ1) is 15.9. The second kappa shape index (κ2) is 6.03. The molecule has 1 heterocycles. The third-order valence-electron chi connectivity index (χ3n) is 5.19. The average molecular weight is 336 g/mol. The summed E-state index contributed by atoms with van der Waals surface area (Å²) in [5.41, 5.74) is 3.45. The minimum Gasteiger partial charge on any atom is -0.358 e. The van der Waals surface area contributed by atoms with Gasteiger partial charge in [0.1, 0.15) is 5.82 Å². The maximum Gasteiger partial charge on any atom is 0.230 e. The summed E-state index contributed by atoms with van der Waals surface area (Å²) in [5.74, 6) is -0.165. The molecule has 1 amide bonds. The Bertz CT molecular complexity index is 940. The van der Waals surface area contributed by atoms with Crippen LogP contribution in [-0.2, 0) is 16.6 Å². The Morgan fingerprint density at radius 1 is 1.16 bits per heavy atom. The Hall–Kier alpha value is -2.62. The number of halogens is 1. The van der Waals surface area contributed by atoms with Crippen molar-refractivity contribution in [3.8, 4) is 0 Å². The number of hydrogen-bond donors (Lipinski definition) is 2. The smallest absolute Gasteiger partial charge is 0.230 e. The van der Waals surface area contributed by atoms with Gasteiger partial charge in [0.2, 0.25) is 5.91 Å². The Kier molecular flexibility index (Phi) is 3.83. The fourth-order valence-electron chi connectivity index (χ4n) is 3.79. The van der Waals surface area contributed by atoms with Crippen molar-refractivity contribution in [2.24, 2.45) is 0 Å². The zero-order valence-electron chi connectivity index (χ0n) is 14.2. The van der Waals surface area contributed by atoms with Crippen LogP contribution in [0, 0.1) is 12.7 Å². The maximum atomic E-state index is 13.7. The molecule has 0 unspecified atom stereocenters. The van der Waals surface area contributed by atoms with Crippen molar-refractivity contribution in [2.45, 2.75) is 31.6 Å². The number of benzene rings is 2. The monoisotopic (exact) mass is 336 g/mol. The average Bonchev–Trinajstić information content (AvgIpc) is 3.33. The highest BCUT2D eigenvalue weighted by Gasteiger charge is 2.53. The zero-order valence-corrected chi connectivity index (χ0v) is 14.2. The summed E-state index contributed by atoms with van der Waals surface area (Å²) in [6, 6.07) is 14.8. The van der Waals surface area contributed by atoms with Crippen LogP contribution in [0.15, 0.2) is 48.5 Å². The highest BCUT2D eigenvalue weighted by molar-refractivity contribution is 5.98. The zero-order chi connectivity index (χ0) is 17.4. The summed E-state index contributed by atoms with van der Waals surface area (Å²) in [4.78, 5) is 16.3. The predicted octanol–water partition coefficient (Wildman–Crippen LogP) is 4.01. The molecule has 1 fully saturated rings. The lowest BCUT2D eigenvalue weighted by molar-refractivity contribution is -0.123. The Balaban J connectivity index is 1.52. The molecule has 25 heavy (non-hydrogen) atoms. The van der Waals surface area contributed by atoms with Crippen molar-refractivity contribution in [1.82, 2.24) is 10.3 Å². The van der Waals surface area contributed by atoms with Crippen LogP contribution in [0.3, 0.4) is 0 Å². The van der Waals surface area contributed by atoms with E-state index in [1.165, 1.54) is 6.07 Å². The number of amides is 1. The van der Waals surface area contributed by atoms with Crippen LogP contribution >= 0.6 is 0 Å². The second-order valence-electron chi connectivity index (χ2n) is 6.85. The molecule has 0 atom stereocenters. The number of rotatable bonds is 5. The second-order valence-corrected chi connectivity index (χ2v) is 6.85. The largest absolute Gasteiger partial charge is 0.358 e. The molecule has 1 aliphatic rings. The lowest BCUT2D eigenvalue weighted by Crippen LogP contribution is -2.36. The number of fused-ring (bicyclic) bond motifs is 1. The predicted molar refractivity (Wildman–Crippen MR) is 97.1 cm³/mol. The van der Waals surface area contributed by atoms with Gasteiger partial charge in [0, 0.05) is 23.1 Å². The van der Waals surface area contributed by atoms with Crippen LogP contribution < -0.4 is 5.32 Å². The SMILES string of the molecule is Cc1[nH]c2ccccc2c1C1(C(=O)NCCc2ccccc2F)CC1. The molecule has 0 bridgehead atoms. The molecular weight excluding hydrogens is 315 g/mol. The highest BCUT2D eigenvalue weighted by Crippen LogP contribution is 2.51. The number of aromatic nitrogens is 1. The first-order valence-electron chi connectivity index (χ1n) is 8.71. The van der Waals surface area contributed by atoms with E-state index in [0.29, 0.717) is 18.5 Å². The van der Waals surface area contributed by atoms with Gasteiger partial charge in [-0.3, -0.25) is 4.79 Å². The Morgan fingerprint density at radius 2 is 1.88 bits per heavy atom. The molecule has 0 spiro atoms. The quantitative estimate of drug-likeness (QED) is 0.726. The Labute approximate surface area is 146 Å². The number of H-pyrrole nitrogens is 1. The van der Waals surface area contributed by atoms with E-state index in [0.717, 1.165) is 35.0 Å². The van der Waals surface area contributed by atoms with E-state index >= 15 is 0 Å². The highest BCUT2D eigenvalue weighted by atomic mass is 19.1. The van der Waals surface area contributed by atoms with E-state index in [4.69, 9.17) is 0 Å². The molecule has 0 aliphatic heterocycles. The van der Waals surface area contributed by atoms with E-state index in [1.807, 2.05) is 31.2 Å². The van der Waals surface area contributed by atoms with E-state index < -0.39 is 5.41 Å². The fraction of sp³-hybridized carbons (Fsp3) is 0.286. The number of aromatic amines is 1. The van der Waals surface area contributed by atoms with Gasteiger partial charge in [-0.05, 0) is 49.4 Å². The van der Waals surface area contributed by atoms with Crippen LogP contribution in [0.4, 0.5) is 4.39 Å². The lowest BCUT2D eigenvalue weighted by atomic mass is 9.92. The van der Waals surface area contributed by atoms with Crippen molar-refractivity contribution < 1.29 is 9.18 Å². The van der Waals surface area contributed by atoms with E-state index in [2.05, 4.69) is 16.4 Å². The maximum absolute atomic E-state index is 13.7. The van der Waals surface area contributed by atoms with E-state index in [1.54, 1.807) is 12.1 Å². The number of hydrogen-bond acceptors (Lipinski definition) is 1. The van der Waals surface area contributed by atoms with Crippen molar-refractivity contribution in [1.29, 1.82) is 0 Å². The molecule has 0 radical (unpaired) electrons. The van der Waals surface area contributed by atoms with Gasteiger partial charge in [0.15, 0.2) is 0 Å². The van der Waals surface area contributed by atoms with Crippen molar-refractivity contribution in [2.75, 3.05) is 6.54 Å². The van der Waals surface area contributed by atoms with Gasteiger partial charge in [-0.15, -0.1) is 0 Å². The number of carbonyl (C=O) groups is 1. The molecule has 3 aromatic rings. The minimum absolute atomic E-state index is 0.0525. The van der Waals surface area contributed by atoms with Crippen LogP contribution in [0.2, 0.25) is 0 Å². The third-order valence-corrected chi connectivity index (χ3v) is 5.19. The van der Waals surface area contributed by atoms with Crippen LogP contribution in [-0.4, -0.2) is 17.4 Å². The van der Waals surface area contributed by atoms with E-state index in [9.17, 15) is 9.18 Å². The minimum atomic E-state index is -0.432. The first-order valence-corrected chi connectivity index (χ1v) is 8.71. The summed E-state index contributed by atoms with van der Waals surface area (Å²) >= 11 is 0. The summed E-state index contributed by atoms with van der Waals surface area (Å²) in [6.45, 7) is 2.48. The number of aryl methyl sites for hydroxylation is 1. The standard InChI is InChI=1S/C21H21FN2O/c1-14-19(16-7-3-5-9-18(16)24-14)21(11-12-21)20(25)23-13-10-15-6-2-4-8-17(15)22/h2-9,24H,10-13H2,1H3,(H,23,25). The van der Waals surface area contributed by atoms with Crippen LogP contribution in [0.25, 0.3) is 10.9 Å². The lowest BCUT2D eigenvalue weighted by Gasteiger charge is -2.16. The molecule has 128 valence electrons. The molecular formula is C21H21FN2O. The molecule has 0 saturated heterocycles. The van der Waals surface area contributed by atoms with Gasteiger partial charge < -0.3 is 10.3 Å². The third kappa shape index (κ3) is 2.72. The number of carbonyl (C=O) groups excluding carboxylic acids is 1. The molecule has 3 nitrogen and oxygen atoms in total. The molecule has 2 aromatic carbocycles. The molecule has 2 N–H and O–H groups in total. The van der Waals surface area contributed by atoms with Crippen LogP contribution in [0.5, 0.6) is 0 Å². The molecule has 1 aliphatic carbocycles. The summed E-state index contributed by atoms with van der Waals surface area (Å²) in [6.07, 6.45) is 2.23. The van der Waals surface area contributed by atoms with Gasteiger partial charge in [-0.1, -0.05) is 36.4 Å². The molecule has 4 heteroatoms. The van der Waals surface area contributed by atoms with Gasteiger partial charge in [-0.2, -0.15) is 0 Å². The summed E-state index contributed by atoms with van der Waals surface area (Å²) in [5, 5.41) is 4.15. The van der Waals surface area contributed by atoms with Gasteiger partial charge >= 0.3 is 0 Å².